The van der Waals surface area contributed by atoms with Crippen LogP contribution in [0.5, 0.6) is 0 Å². The van der Waals surface area contributed by atoms with Crippen LogP contribution in [0.2, 0.25) is 0 Å². The quantitative estimate of drug-likeness (QED) is 0.397. The molecule has 1 aromatic rings. The molecule has 0 spiro atoms. The molecule has 7 nitrogen and oxygen atoms in total. The molecule has 2 rings (SSSR count). The highest BCUT2D eigenvalue weighted by atomic mass is 16.5. The summed E-state index contributed by atoms with van der Waals surface area (Å²) in [5.41, 5.74) is 0.847. The summed E-state index contributed by atoms with van der Waals surface area (Å²) in [5.74, 6) is 0.967. The third kappa shape index (κ3) is 5.59. The van der Waals surface area contributed by atoms with Crippen molar-refractivity contribution in [3.8, 4) is 0 Å². The Labute approximate surface area is 136 Å². The summed E-state index contributed by atoms with van der Waals surface area (Å²) >= 11 is 0. The Bertz CT molecular complexity index is 521. The van der Waals surface area contributed by atoms with Crippen LogP contribution in [0.4, 0.5) is 0 Å². The van der Waals surface area contributed by atoms with E-state index in [1.807, 2.05) is 6.92 Å². The number of aryl methyl sites for hydroxylation is 1. The molecule has 1 unspecified atom stereocenters. The first-order chi connectivity index (χ1) is 11.2. The van der Waals surface area contributed by atoms with Gasteiger partial charge in [0.15, 0.2) is 11.7 Å². The van der Waals surface area contributed by atoms with E-state index in [1.165, 1.54) is 6.26 Å². The van der Waals surface area contributed by atoms with Gasteiger partial charge in [0.2, 0.25) is 0 Å². The van der Waals surface area contributed by atoms with E-state index in [-0.39, 0.29) is 12.0 Å². The van der Waals surface area contributed by atoms with Crippen LogP contribution in [-0.2, 0) is 4.74 Å². The predicted molar refractivity (Wildman–Crippen MR) is 88.7 cm³/mol. The zero-order valence-corrected chi connectivity index (χ0v) is 13.9. The number of rotatable bonds is 7. The minimum absolute atomic E-state index is 0.173. The summed E-state index contributed by atoms with van der Waals surface area (Å²) < 4.78 is 10.7. The third-order valence-electron chi connectivity index (χ3n) is 3.74. The molecule has 1 aromatic heterocycles. The van der Waals surface area contributed by atoms with Crippen LogP contribution in [0.25, 0.3) is 0 Å². The first-order valence-corrected chi connectivity index (χ1v) is 8.09. The van der Waals surface area contributed by atoms with Crippen LogP contribution in [-0.4, -0.2) is 51.3 Å². The maximum Gasteiger partial charge on any atom is 0.287 e. The summed E-state index contributed by atoms with van der Waals surface area (Å²) in [6, 6.07) is 1.78. The number of nitrogens with one attached hydrogen (secondary N) is 3. The molecule has 128 valence electrons. The topological polar surface area (TPSA) is 87.9 Å². The van der Waals surface area contributed by atoms with Crippen molar-refractivity contribution < 1.29 is 13.9 Å². The van der Waals surface area contributed by atoms with Gasteiger partial charge in [-0.05, 0) is 32.3 Å². The van der Waals surface area contributed by atoms with E-state index in [0.717, 1.165) is 50.5 Å². The Morgan fingerprint density at radius 1 is 1.35 bits per heavy atom. The number of carbonyl (C=O) groups is 1. The van der Waals surface area contributed by atoms with Crippen molar-refractivity contribution in [1.29, 1.82) is 0 Å². The molecular weight excluding hydrogens is 296 g/mol. The smallest absolute Gasteiger partial charge is 0.287 e. The molecule has 0 saturated carbocycles. The minimum Gasteiger partial charge on any atom is -0.459 e. The molecule has 1 amide bonds. The lowest BCUT2D eigenvalue weighted by atomic mass is 10.2. The van der Waals surface area contributed by atoms with Crippen LogP contribution in [0.3, 0.4) is 0 Å². The van der Waals surface area contributed by atoms with E-state index in [2.05, 4.69) is 20.9 Å². The second-order valence-electron chi connectivity index (χ2n) is 5.56. The van der Waals surface area contributed by atoms with Crippen molar-refractivity contribution in [2.24, 2.45) is 4.99 Å². The van der Waals surface area contributed by atoms with Gasteiger partial charge >= 0.3 is 0 Å². The summed E-state index contributed by atoms with van der Waals surface area (Å²) in [7, 11) is 1.74. The second kappa shape index (κ2) is 9.19. The molecule has 23 heavy (non-hydrogen) atoms. The van der Waals surface area contributed by atoms with Crippen LogP contribution in [0, 0.1) is 6.92 Å². The standard InChI is InChI=1S/C16H26N4O3/c1-12-6-10-23-14(12)15(21)18-7-4-8-19-16(17-2)20-11-13-5-3-9-22-13/h6,10,13H,3-5,7-9,11H2,1-2H3,(H,18,21)(H2,17,19,20). The first kappa shape index (κ1) is 17.3. The van der Waals surface area contributed by atoms with Crippen molar-refractivity contribution in [3.63, 3.8) is 0 Å². The zero-order chi connectivity index (χ0) is 16.5. The van der Waals surface area contributed by atoms with Gasteiger partial charge in [-0.3, -0.25) is 9.79 Å². The number of guanidine groups is 1. The highest BCUT2D eigenvalue weighted by Crippen LogP contribution is 2.10. The van der Waals surface area contributed by atoms with E-state index < -0.39 is 0 Å². The number of aliphatic imine (C=N–C) groups is 1. The van der Waals surface area contributed by atoms with Crippen LogP contribution in [0.1, 0.15) is 35.4 Å². The van der Waals surface area contributed by atoms with Gasteiger partial charge in [-0.15, -0.1) is 0 Å². The fourth-order valence-electron chi connectivity index (χ4n) is 2.42. The summed E-state index contributed by atoms with van der Waals surface area (Å²) in [4.78, 5) is 16.0. The number of amides is 1. The van der Waals surface area contributed by atoms with Gasteiger partial charge in [-0.2, -0.15) is 0 Å². The molecule has 1 aliphatic heterocycles. The number of carbonyl (C=O) groups excluding carboxylic acids is 1. The lowest BCUT2D eigenvalue weighted by Crippen LogP contribution is -2.42. The average molecular weight is 322 g/mol. The molecule has 0 aliphatic carbocycles. The SMILES string of the molecule is CN=C(NCCCNC(=O)c1occc1C)NCC1CCCO1. The van der Waals surface area contributed by atoms with E-state index in [4.69, 9.17) is 9.15 Å². The molecule has 1 aliphatic rings. The van der Waals surface area contributed by atoms with Crippen LogP contribution < -0.4 is 16.0 Å². The Morgan fingerprint density at radius 3 is 2.83 bits per heavy atom. The Kier molecular flexibility index (Phi) is 6.93. The van der Waals surface area contributed by atoms with E-state index >= 15 is 0 Å². The first-order valence-electron chi connectivity index (χ1n) is 8.09. The van der Waals surface area contributed by atoms with Crippen molar-refractivity contribution >= 4 is 11.9 Å². The predicted octanol–water partition coefficient (Wildman–Crippen LogP) is 1.05. The summed E-state index contributed by atoms with van der Waals surface area (Å²) in [6.07, 6.45) is 4.83. The van der Waals surface area contributed by atoms with Crippen molar-refractivity contribution in [2.45, 2.75) is 32.3 Å². The fraction of sp³-hybridized carbons (Fsp3) is 0.625. The highest BCUT2D eigenvalue weighted by Gasteiger charge is 2.15. The van der Waals surface area contributed by atoms with Crippen molar-refractivity contribution in [2.75, 3.05) is 33.3 Å². The molecule has 0 bridgehead atoms. The van der Waals surface area contributed by atoms with E-state index in [0.29, 0.717) is 12.3 Å². The van der Waals surface area contributed by atoms with Crippen molar-refractivity contribution in [1.82, 2.24) is 16.0 Å². The number of ether oxygens (including phenoxy) is 1. The van der Waals surface area contributed by atoms with Gasteiger partial charge < -0.3 is 25.1 Å². The lowest BCUT2D eigenvalue weighted by Gasteiger charge is -2.15. The number of furan rings is 1. The van der Waals surface area contributed by atoms with Crippen molar-refractivity contribution in [3.05, 3.63) is 23.7 Å². The summed E-state index contributed by atoms with van der Waals surface area (Å²) in [5, 5.41) is 9.32. The lowest BCUT2D eigenvalue weighted by molar-refractivity contribution is 0.0924. The molecule has 1 atom stereocenters. The minimum atomic E-state index is -0.173. The van der Waals surface area contributed by atoms with Crippen LogP contribution in [0.15, 0.2) is 21.7 Å². The number of hydrogen-bond donors (Lipinski definition) is 3. The van der Waals surface area contributed by atoms with Gasteiger partial charge in [0.05, 0.1) is 12.4 Å². The third-order valence-corrected chi connectivity index (χ3v) is 3.74. The van der Waals surface area contributed by atoms with E-state index in [9.17, 15) is 4.79 Å². The Morgan fingerprint density at radius 2 is 2.17 bits per heavy atom. The highest BCUT2D eigenvalue weighted by molar-refractivity contribution is 5.92. The van der Waals surface area contributed by atoms with Crippen LogP contribution >= 0.6 is 0 Å². The Balaban J connectivity index is 1.56. The van der Waals surface area contributed by atoms with Gasteiger partial charge in [-0.25, -0.2) is 0 Å². The molecule has 0 radical (unpaired) electrons. The zero-order valence-electron chi connectivity index (χ0n) is 13.9. The Hall–Kier alpha value is -2.02. The molecule has 0 aromatic carbocycles. The number of hydrogen-bond acceptors (Lipinski definition) is 4. The second-order valence-corrected chi connectivity index (χ2v) is 5.56. The van der Waals surface area contributed by atoms with Gasteiger partial charge in [0.1, 0.15) is 0 Å². The molecule has 1 saturated heterocycles. The van der Waals surface area contributed by atoms with Gasteiger partial charge in [0, 0.05) is 38.9 Å². The maximum absolute atomic E-state index is 11.9. The average Bonchev–Trinajstić information content (AvgIpc) is 3.21. The molecule has 1 fully saturated rings. The summed E-state index contributed by atoms with van der Waals surface area (Å²) in [6.45, 7) is 4.78. The van der Waals surface area contributed by atoms with Gasteiger partial charge in [0.25, 0.3) is 5.91 Å². The number of nitrogens with zero attached hydrogens (tertiary/aromatic N) is 1. The van der Waals surface area contributed by atoms with E-state index in [1.54, 1.807) is 13.1 Å². The normalized spacial score (nSPS) is 18.0. The molecular formula is C16H26N4O3. The van der Waals surface area contributed by atoms with Gasteiger partial charge in [-0.1, -0.05) is 0 Å². The monoisotopic (exact) mass is 322 g/mol. The fourth-order valence-corrected chi connectivity index (χ4v) is 2.42. The largest absolute Gasteiger partial charge is 0.459 e. The maximum atomic E-state index is 11.9. The molecule has 2 heterocycles. The molecule has 7 heteroatoms. The molecule has 3 N–H and O–H groups in total.